The summed E-state index contributed by atoms with van der Waals surface area (Å²) in [6.45, 7) is 5.13. The Kier molecular flexibility index (Phi) is 4.82. The van der Waals surface area contributed by atoms with E-state index in [2.05, 4.69) is 31.8 Å². The average molecular weight is 357 g/mol. The number of rotatable bonds is 5. The third kappa shape index (κ3) is 3.54. The molecular formula is C19H24FN5O. The summed E-state index contributed by atoms with van der Waals surface area (Å²) in [4.78, 5) is 17.2. The molecule has 26 heavy (non-hydrogen) atoms. The van der Waals surface area contributed by atoms with E-state index in [-0.39, 0.29) is 5.41 Å². The second-order valence-corrected chi connectivity index (χ2v) is 7.47. The first-order valence-electron chi connectivity index (χ1n) is 9.03. The number of likely N-dealkylation sites (tertiary alicyclic amines) is 1. The topological polar surface area (TPSA) is 54.4 Å². The molecule has 1 spiro atoms. The van der Waals surface area contributed by atoms with Gasteiger partial charge in [0.1, 0.15) is 0 Å². The largest absolute Gasteiger partial charge is 0.375 e. The van der Waals surface area contributed by atoms with Gasteiger partial charge >= 0.3 is 0 Å². The van der Waals surface area contributed by atoms with Crippen LogP contribution in [0.4, 0.5) is 10.3 Å². The first-order valence-corrected chi connectivity index (χ1v) is 9.03. The Bertz CT molecular complexity index is 728. The highest BCUT2D eigenvalue weighted by Crippen LogP contribution is 2.44. The maximum atomic E-state index is 13.1. The van der Waals surface area contributed by atoms with E-state index in [1.165, 1.54) is 12.4 Å². The highest BCUT2D eigenvalue weighted by Gasteiger charge is 2.50. The molecule has 2 atom stereocenters. The van der Waals surface area contributed by atoms with Crippen LogP contribution in [0.5, 0.6) is 0 Å². The van der Waals surface area contributed by atoms with Crippen LogP contribution in [-0.2, 0) is 11.3 Å². The van der Waals surface area contributed by atoms with Gasteiger partial charge < -0.3 is 14.5 Å². The van der Waals surface area contributed by atoms with Crippen LogP contribution < -0.4 is 4.90 Å². The fraction of sp³-hybridized carbons (Fsp3) is 0.526. The minimum atomic E-state index is -0.399. The molecule has 4 rings (SSSR count). The lowest BCUT2D eigenvalue weighted by Crippen LogP contribution is -2.36. The molecule has 2 aliphatic heterocycles. The van der Waals surface area contributed by atoms with Crippen molar-refractivity contribution in [3.63, 3.8) is 0 Å². The number of anilines is 1. The molecule has 0 saturated carbocycles. The number of hydrogen-bond acceptors (Lipinski definition) is 6. The van der Waals surface area contributed by atoms with Gasteiger partial charge in [0, 0.05) is 43.7 Å². The van der Waals surface area contributed by atoms with Crippen molar-refractivity contribution in [1.29, 1.82) is 0 Å². The molecule has 0 amide bonds. The quantitative estimate of drug-likeness (QED) is 0.816. The minimum Gasteiger partial charge on any atom is -0.375 e. The Morgan fingerprint density at radius 1 is 1.23 bits per heavy atom. The standard InChI is InChI=1S/C19H24FN5O/c1-24-10-15(11-26-12-17-4-2-3-6-21-17)19(13-24)5-7-25(14-19)18-22-8-16(20)9-23-18/h2-4,6,8-9,15H,5,7,10-14H2,1H3/t15-,19+/m0/s1. The van der Waals surface area contributed by atoms with Crippen molar-refractivity contribution in [3.8, 4) is 0 Å². The fourth-order valence-electron chi connectivity index (χ4n) is 4.32. The molecule has 0 aromatic carbocycles. The smallest absolute Gasteiger partial charge is 0.225 e. The van der Waals surface area contributed by atoms with Crippen LogP contribution in [0, 0.1) is 17.2 Å². The Hall–Kier alpha value is -2.12. The maximum Gasteiger partial charge on any atom is 0.225 e. The normalized spacial score (nSPS) is 26.1. The lowest BCUT2D eigenvalue weighted by Gasteiger charge is -2.30. The van der Waals surface area contributed by atoms with Crippen LogP contribution in [0.2, 0.25) is 0 Å². The van der Waals surface area contributed by atoms with E-state index in [0.29, 0.717) is 18.5 Å². The van der Waals surface area contributed by atoms with Gasteiger partial charge in [-0.3, -0.25) is 4.98 Å². The van der Waals surface area contributed by atoms with Gasteiger partial charge in [0.15, 0.2) is 5.82 Å². The van der Waals surface area contributed by atoms with Crippen LogP contribution in [0.15, 0.2) is 36.8 Å². The summed E-state index contributed by atoms with van der Waals surface area (Å²) >= 11 is 0. The van der Waals surface area contributed by atoms with Gasteiger partial charge in [0.2, 0.25) is 5.95 Å². The molecule has 0 unspecified atom stereocenters. The lowest BCUT2D eigenvalue weighted by atomic mass is 9.77. The number of nitrogens with zero attached hydrogens (tertiary/aromatic N) is 5. The maximum absolute atomic E-state index is 13.1. The van der Waals surface area contributed by atoms with Crippen molar-refractivity contribution < 1.29 is 9.13 Å². The SMILES string of the molecule is CN1C[C@@H](COCc2ccccn2)[C@]2(CCN(c3ncc(F)cn3)C2)C1. The van der Waals surface area contributed by atoms with Crippen LogP contribution in [0.3, 0.4) is 0 Å². The number of hydrogen-bond donors (Lipinski definition) is 0. The third-order valence-corrected chi connectivity index (χ3v) is 5.55. The van der Waals surface area contributed by atoms with Crippen molar-refractivity contribution in [1.82, 2.24) is 19.9 Å². The average Bonchev–Trinajstić information content (AvgIpc) is 3.20. The van der Waals surface area contributed by atoms with Crippen molar-refractivity contribution in [2.45, 2.75) is 13.0 Å². The Labute approximate surface area is 153 Å². The van der Waals surface area contributed by atoms with Crippen LogP contribution in [0.25, 0.3) is 0 Å². The van der Waals surface area contributed by atoms with E-state index in [0.717, 1.165) is 44.9 Å². The molecule has 6 nitrogen and oxygen atoms in total. The molecule has 2 fully saturated rings. The monoisotopic (exact) mass is 357 g/mol. The first kappa shape index (κ1) is 17.3. The van der Waals surface area contributed by atoms with Crippen molar-refractivity contribution in [2.24, 2.45) is 11.3 Å². The first-order chi connectivity index (χ1) is 12.6. The molecule has 7 heteroatoms. The predicted molar refractivity (Wildman–Crippen MR) is 96.1 cm³/mol. The molecule has 2 aromatic heterocycles. The molecule has 2 aromatic rings. The van der Waals surface area contributed by atoms with E-state index < -0.39 is 5.82 Å². The highest BCUT2D eigenvalue weighted by atomic mass is 19.1. The van der Waals surface area contributed by atoms with E-state index >= 15 is 0 Å². The van der Waals surface area contributed by atoms with E-state index in [9.17, 15) is 4.39 Å². The molecule has 4 heterocycles. The van der Waals surface area contributed by atoms with Gasteiger partial charge in [-0.25, -0.2) is 14.4 Å². The van der Waals surface area contributed by atoms with E-state index in [1.807, 2.05) is 18.2 Å². The molecule has 2 saturated heterocycles. The summed E-state index contributed by atoms with van der Waals surface area (Å²) in [6.07, 6.45) is 5.35. The summed E-state index contributed by atoms with van der Waals surface area (Å²) in [5, 5.41) is 0. The molecule has 138 valence electrons. The van der Waals surface area contributed by atoms with Gasteiger partial charge in [0.25, 0.3) is 0 Å². The zero-order valence-electron chi connectivity index (χ0n) is 15.0. The molecule has 0 aliphatic carbocycles. The molecule has 2 aliphatic rings. The number of aromatic nitrogens is 3. The second kappa shape index (κ2) is 7.25. The summed E-state index contributed by atoms with van der Waals surface area (Å²) in [5.41, 5.74) is 1.14. The fourth-order valence-corrected chi connectivity index (χ4v) is 4.32. The zero-order valence-corrected chi connectivity index (χ0v) is 15.0. The van der Waals surface area contributed by atoms with Crippen LogP contribution in [0.1, 0.15) is 12.1 Å². The van der Waals surface area contributed by atoms with E-state index in [1.54, 1.807) is 6.20 Å². The molecular weight excluding hydrogens is 333 g/mol. The number of ether oxygens (including phenoxy) is 1. The predicted octanol–water partition coefficient (Wildman–Crippen LogP) is 1.99. The Morgan fingerprint density at radius 2 is 2.08 bits per heavy atom. The van der Waals surface area contributed by atoms with Crippen molar-refractivity contribution in [2.75, 3.05) is 44.7 Å². The minimum absolute atomic E-state index is 0.177. The van der Waals surface area contributed by atoms with Gasteiger partial charge in [-0.15, -0.1) is 0 Å². The van der Waals surface area contributed by atoms with Gasteiger partial charge in [-0.05, 0) is 25.6 Å². The zero-order chi connectivity index (χ0) is 18.0. The molecule has 0 N–H and O–H groups in total. The van der Waals surface area contributed by atoms with Crippen molar-refractivity contribution >= 4 is 5.95 Å². The molecule has 0 bridgehead atoms. The van der Waals surface area contributed by atoms with E-state index in [4.69, 9.17) is 4.74 Å². The number of halogens is 1. The summed E-state index contributed by atoms with van der Waals surface area (Å²) in [7, 11) is 2.16. The van der Waals surface area contributed by atoms with Gasteiger partial charge in [-0.2, -0.15) is 0 Å². The summed E-state index contributed by atoms with van der Waals surface area (Å²) in [5.74, 6) is 0.678. The van der Waals surface area contributed by atoms with Gasteiger partial charge in [-0.1, -0.05) is 6.07 Å². The molecule has 0 radical (unpaired) electrons. The third-order valence-electron chi connectivity index (χ3n) is 5.55. The summed E-state index contributed by atoms with van der Waals surface area (Å²) in [6, 6.07) is 5.88. The van der Waals surface area contributed by atoms with Gasteiger partial charge in [0.05, 0.1) is 31.3 Å². The highest BCUT2D eigenvalue weighted by molar-refractivity contribution is 5.32. The van der Waals surface area contributed by atoms with Crippen LogP contribution in [-0.4, -0.2) is 59.7 Å². The Balaban J connectivity index is 1.40. The lowest BCUT2D eigenvalue weighted by molar-refractivity contribution is 0.0545. The number of pyridine rings is 1. The van der Waals surface area contributed by atoms with Crippen molar-refractivity contribution in [3.05, 3.63) is 48.3 Å². The second-order valence-electron chi connectivity index (χ2n) is 7.47. The van der Waals surface area contributed by atoms with Crippen LogP contribution >= 0.6 is 0 Å². The Morgan fingerprint density at radius 3 is 2.85 bits per heavy atom. The summed E-state index contributed by atoms with van der Waals surface area (Å²) < 4.78 is 19.1.